The second kappa shape index (κ2) is 5.11. The minimum Gasteiger partial charge on any atom is -0.480 e. The van der Waals surface area contributed by atoms with Gasteiger partial charge in [0.1, 0.15) is 11.2 Å². The van der Waals surface area contributed by atoms with E-state index in [1.807, 2.05) is 0 Å². The van der Waals surface area contributed by atoms with Crippen molar-refractivity contribution in [3.05, 3.63) is 59.4 Å². The number of hydrogen-bond donors (Lipinski definition) is 2. The number of carboxylic acids is 2. The van der Waals surface area contributed by atoms with Crippen molar-refractivity contribution in [1.29, 1.82) is 0 Å². The molecule has 1 aliphatic rings. The molecule has 110 valence electrons. The zero-order chi connectivity index (χ0) is 15.8. The molecule has 0 heterocycles. The number of hydrogen-bond acceptors (Lipinski definition) is 2. The monoisotopic (exact) mass is 354 g/mol. The number of halogens is 2. The van der Waals surface area contributed by atoms with Gasteiger partial charge < -0.3 is 10.2 Å². The fourth-order valence-electron chi connectivity index (χ4n) is 2.56. The van der Waals surface area contributed by atoms with Crippen LogP contribution in [0.5, 0.6) is 0 Å². The molecule has 0 radical (unpaired) electrons. The third-order valence-corrected chi connectivity index (χ3v) is 4.78. The summed E-state index contributed by atoms with van der Waals surface area (Å²) in [6.45, 7) is 1.48. The van der Waals surface area contributed by atoms with Gasteiger partial charge in [0.2, 0.25) is 0 Å². The summed E-state index contributed by atoms with van der Waals surface area (Å²) in [6.07, 6.45) is 4.15. The molecule has 0 aromatic heterocycles. The van der Waals surface area contributed by atoms with Crippen molar-refractivity contribution in [2.24, 2.45) is 0 Å². The van der Waals surface area contributed by atoms with Crippen LogP contribution in [0.15, 0.2) is 48.1 Å². The Morgan fingerprint density at radius 3 is 2.24 bits per heavy atom. The van der Waals surface area contributed by atoms with Crippen LogP contribution in [0.25, 0.3) is 0 Å². The maximum absolute atomic E-state index is 13.1. The van der Waals surface area contributed by atoms with Crippen LogP contribution in [0, 0.1) is 5.82 Å². The molecule has 1 aliphatic carbocycles. The molecule has 0 bridgehead atoms. The molecule has 0 fully saturated rings. The summed E-state index contributed by atoms with van der Waals surface area (Å²) in [6, 6.07) is 4.99. The molecule has 0 saturated heterocycles. The molecule has 2 N–H and O–H groups in total. The number of allylic oxidation sites excluding steroid dienone is 2. The molecule has 21 heavy (non-hydrogen) atoms. The van der Waals surface area contributed by atoms with Crippen LogP contribution < -0.4 is 0 Å². The summed E-state index contributed by atoms with van der Waals surface area (Å²) in [5.41, 5.74) is -1.45. The van der Waals surface area contributed by atoms with Gasteiger partial charge in [0.15, 0.2) is 0 Å². The SMILES string of the molecule is CC1(Br)C(C(=O)O)=CC=CC1(C(=O)O)c1ccc(F)cc1. The van der Waals surface area contributed by atoms with Gasteiger partial charge in [0, 0.05) is 0 Å². The van der Waals surface area contributed by atoms with Gasteiger partial charge in [-0.1, -0.05) is 46.3 Å². The molecular weight excluding hydrogens is 343 g/mol. The van der Waals surface area contributed by atoms with Crippen LogP contribution >= 0.6 is 15.9 Å². The molecular formula is C15H12BrFO4. The van der Waals surface area contributed by atoms with E-state index in [2.05, 4.69) is 15.9 Å². The van der Waals surface area contributed by atoms with Crippen molar-refractivity contribution in [2.45, 2.75) is 16.7 Å². The first-order valence-electron chi connectivity index (χ1n) is 6.05. The largest absolute Gasteiger partial charge is 0.480 e. The number of carboxylic acid groups (broad SMARTS) is 2. The second-order valence-electron chi connectivity index (χ2n) is 4.87. The summed E-state index contributed by atoms with van der Waals surface area (Å²) in [5.74, 6) is -2.94. The fraction of sp³-hybridized carbons (Fsp3) is 0.200. The Labute approximate surface area is 128 Å². The van der Waals surface area contributed by atoms with Crippen molar-refractivity contribution in [2.75, 3.05) is 0 Å². The Kier molecular flexibility index (Phi) is 3.76. The highest BCUT2D eigenvalue weighted by atomic mass is 79.9. The summed E-state index contributed by atoms with van der Waals surface area (Å²) in [7, 11) is 0. The van der Waals surface area contributed by atoms with Gasteiger partial charge in [0.25, 0.3) is 0 Å². The predicted molar refractivity (Wildman–Crippen MR) is 77.9 cm³/mol. The van der Waals surface area contributed by atoms with Crippen LogP contribution in [0.1, 0.15) is 12.5 Å². The van der Waals surface area contributed by atoms with Gasteiger partial charge in [-0.3, -0.25) is 4.79 Å². The van der Waals surface area contributed by atoms with Crippen LogP contribution in [0.2, 0.25) is 0 Å². The Morgan fingerprint density at radius 2 is 1.76 bits per heavy atom. The Morgan fingerprint density at radius 1 is 1.19 bits per heavy atom. The lowest BCUT2D eigenvalue weighted by Crippen LogP contribution is -2.53. The van der Waals surface area contributed by atoms with Crippen LogP contribution in [-0.2, 0) is 15.0 Å². The van der Waals surface area contributed by atoms with Crippen LogP contribution in [-0.4, -0.2) is 26.5 Å². The van der Waals surface area contributed by atoms with E-state index in [1.54, 1.807) is 0 Å². The number of aliphatic carboxylic acids is 2. The first-order valence-corrected chi connectivity index (χ1v) is 6.84. The first-order chi connectivity index (χ1) is 9.73. The highest BCUT2D eigenvalue weighted by Gasteiger charge is 2.57. The standard InChI is InChI=1S/C15H12BrFO4/c1-14(16)11(12(18)19)3-2-8-15(14,13(20)21)9-4-6-10(17)7-5-9/h2-8H,1H3,(H,18,19)(H,20,21). The van der Waals surface area contributed by atoms with E-state index in [0.29, 0.717) is 5.56 Å². The number of rotatable bonds is 3. The van der Waals surface area contributed by atoms with Gasteiger partial charge in [-0.05, 0) is 24.6 Å². The molecule has 0 saturated carbocycles. The lowest BCUT2D eigenvalue weighted by atomic mass is 9.65. The molecule has 0 spiro atoms. The maximum atomic E-state index is 13.1. The molecule has 2 atom stereocenters. The van der Waals surface area contributed by atoms with E-state index in [9.17, 15) is 24.2 Å². The predicted octanol–water partition coefficient (Wildman–Crippen LogP) is 2.88. The van der Waals surface area contributed by atoms with E-state index < -0.39 is 27.5 Å². The summed E-state index contributed by atoms with van der Waals surface area (Å²) >= 11 is 3.26. The zero-order valence-corrected chi connectivity index (χ0v) is 12.6. The van der Waals surface area contributed by atoms with E-state index in [4.69, 9.17) is 0 Å². The van der Waals surface area contributed by atoms with Crippen molar-refractivity contribution >= 4 is 27.9 Å². The number of carbonyl (C=O) groups is 2. The van der Waals surface area contributed by atoms with Crippen molar-refractivity contribution in [3.63, 3.8) is 0 Å². The summed E-state index contributed by atoms with van der Waals surface area (Å²) < 4.78 is 11.7. The van der Waals surface area contributed by atoms with Crippen LogP contribution in [0.3, 0.4) is 0 Å². The molecule has 2 rings (SSSR count). The van der Waals surface area contributed by atoms with Gasteiger partial charge in [-0.25, -0.2) is 9.18 Å². The normalized spacial score (nSPS) is 28.0. The van der Waals surface area contributed by atoms with E-state index >= 15 is 0 Å². The van der Waals surface area contributed by atoms with E-state index in [0.717, 1.165) is 12.1 Å². The quantitative estimate of drug-likeness (QED) is 0.818. The first kappa shape index (κ1) is 15.4. The van der Waals surface area contributed by atoms with Gasteiger partial charge in [-0.2, -0.15) is 0 Å². The van der Waals surface area contributed by atoms with Gasteiger partial charge >= 0.3 is 11.9 Å². The zero-order valence-electron chi connectivity index (χ0n) is 11.0. The van der Waals surface area contributed by atoms with Crippen LogP contribution in [0.4, 0.5) is 4.39 Å². The number of alkyl halides is 1. The lowest BCUT2D eigenvalue weighted by molar-refractivity contribution is -0.142. The molecule has 6 heteroatoms. The average Bonchev–Trinajstić information content (AvgIpc) is 2.38. The fourth-order valence-corrected chi connectivity index (χ4v) is 3.39. The van der Waals surface area contributed by atoms with Gasteiger partial charge in [0.05, 0.1) is 9.90 Å². The summed E-state index contributed by atoms with van der Waals surface area (Å²) in [4.78, 5) is 23.3. The molecule has 2 unspecified atom stereocenters. The third kappa shape index (κ3) is 2.19. The third-order valence-electron chi connectivity index (χ3n) is 3.72. The lowest BCUT2D eigenvalue weighted by Gasteiger charge is -2.42. The van der Waals surface area contributed by atoms with Gasteiger partial charge in [-0.15, -0.1) is 0 Å². The Bertz CT molecular complexity index is 661. The number of benzene rings is 1. The van der Waals surface area contributed by atoms with E-state index in [1.165, 1.54) is 37.3 Å². The molecule has 0 aliphatic heterocycles. The van der Waals surface area contributed by atoms with E-state index in [-0.39, 0.29) is 5.57 Å². The highest BCUT2D eigenvalue weighted by Crippen LogP contribution is 2.49. The van der Waals surface area contributed by atoms with Crippen molar-refractivity contribution < 1.29 is 24.2 Å². The smallest absolute Gasteiger partial charge is 0.333 e. The second-order valence-corrected chi connectivity index (χ2v) is 6.45. The molecule has 1 aromatic rings. The average molecular weight is 355 g/mol. The van der Waals surface area contributed by atoms with Crippen molar-refractivity contribution in [1.82, 2.24) is 0 Å². The Balaban J connectivity index is 2.72. The topological polar surface area (TPSA) is 74.6 Å². The minimum absolute atomic E-state index is 0.0864. The highest BCUT2D eigenvalue weighted by molar-refractivity contribution is 9.10. The molecule has 1 aromatic carbocycles. The van der Waals surface area contributed by atoms with Crippen molar-refractivity contribution in [3.8, 4) is 0 Å². The maximum Gasteiger partial charge on any atom is 0.333 e. The minimum atomic E-state index is -1.65. The summed E-state index contributed by atoms with van der Waals surface area (Å²) in [5, 5.41) is 19.0. The molecule has 0 amide bonds. The Hall–Kier alpha value is -1.95. The molecule has 4 nitrogen and oxygen atoms in total.